The van der Waals surface area contributed by atoms with Crippen molar-refractivity contribution in [2.45, 2.75) is 47.5 Å². The molecule has 2 nitrogen and oxygen atoms in total. The number of rotatable bonds is 11. The molecule has 3 heteroatoms. The number of allylic oxidation sites excluding steroid dienone is 4. The van der Waals surface area contributed by atoms with Crippen LogP contribution in [0.25, 0.3) is 50.1 Å². The van der Waals surface area contributed by atoms with E-state index in [1.54, 1.807) is 0 Å². The summed E-state index contributed by atoms with van der Waals surface area (Å²) in [5.74, 6) is 0. The first-order valence-electron chi connectivity index (χ1n) is 23.6. The van der Waals surface area contributed by atoms with E-state index in [-0.39, 0.29) is 0 Å². The molecule has 0 heterocycles. The molecule has 0 bridgehead atoms. The quantitative estimate of drug-likeness (QED) is 0.119. The highest BCUT2D eigenvalue weighted by Gasteiger charge is 2.23. The van der Waals surface area contributed by atoms with Crippen molar-refractivity contribution >= 4 is 56.6 Å². The molecule has 0 aromatic heterocycles. The van der Waals surface area contributed by atoms with Crippen LogP contribution in [0, 0.1) is 38.2 Å². The highest BCUT2D eigenvalue weighted by molar-refractivity contribution is 14.1. The highest BCUT2D eigenvalue weighted by Crippen LogP contribution is 2.45. The summed E-state index contributed by atoms with van der Waals surface area (Å²) >= 11 is 2.37. The van der Waals surface area contributed by atoms with Gasteiger partial charge in [-0.3, -0.25) is 0 Å². The van der Waals surface area contributed by atoms with Crippen LogP contribution in [0.4, 0.5) is 28.4 Å². The predicted molar refractivity (Wildman–Crippen MR) is 300 cm³/mol. The molecule has 0 unspecified atom stereocenters. The zero-order valence-corrected chi connectivity index (χ0v) is 41.6. The molecule has 0 saturated carbocycles. The summed E-state index contributed by atoms with van der Waals surface area (Å²) in [6.45, 7) is 11.3. The zero-order valence-electron chi connectivity index (χ0n) is 39.5. The third-order valence-electron chi connectivity index (χ3n) is 13.4. The Balaban J connectivity index is 1.05. The number of nitrogens with zero attached hydrogens (tertiary/aromatic N) is 2. The van der Waals surface area contributed by atoms with Crippen molar-refractivity contribution in [3.63, 3.8) is 0 Å². The fourth-order valence-corrected chi connectivity index (χ4v) is 10.4. The van der Waals surface area contributed by atoms with Gasteiger partial charge in [0.15, 0.2) is 0 Å². The van der Waals surface area contributed by atoms with E-state index in [1.807, 2.05) is 0 Å². The molecule has 0 atom stereocenters. The van der Waals surface area contributed by atoms with Gasteiger partial charge in [-0.05, 0) is 227 Å². The van der Waals surface area contributed by atoms with Crippen molar-refractivity contribution in [3.05, 3.63) is 261 Å². The summed E-state index contributed by atoms with van der Waals surface area (Å²) in [6.07, 6.45) is 6.60. The first-order chi connectivity index (χ1) is 33.2. The van der Waals surface area contributed by atoms with Crippen LogP contribution in [0.5, 0.6) is 0 Å². The van der Waals surface area contributed by atoms with E-state index in [9.17, 15) is 0 Å². The van der Waals surface area contributed by atoms with Gasteiger partial charge in [0.2, 0.25) is 0 Å². The van der Waals surface area contributed by atoms with Crippen LogP contribution in [-0.4, -0.2) is 0 Å². The van der Waals surface area contributed by atoms with Crippen molar-refractivity contribution < 1.29 is 0 Å². The smallest absolute Gasteiger partial charge is 0.0467 e. The van der Waals surface area contributed by atoms with Gasteiger partial charge in [-0.2, -0.15) is 0 Å². The largest absolute Gasteiger partial charge is 0.314 e. The number of anilines is 5. The Morgan fingerprint density at radius 2 is 0.750 bits per heavy atom. The maximum absolute atomic E-state index is 2.49. The van der Waals surface area contributed by atoms with E-state index in [2.05, 4.69) is 285 Å². The molecule has 0 spiro atoms. The Labute approximate surface area is 416 Å². The number of aryl methyl sites for hydroxylation is 5. The van der Waals surface area contributed by atoms with E-state index in [0.29, 0.717) is 0 Å². The minimum absolute atomic E-state index is 0.938. The van der Waals surface area contributed by atoms with Crippen molar-refractivity contribution in [2.75, 3.05) is 9.80 Å². The van der Waals surface area contributed by atoms with Crippen LogP contribution in [0.2, 0.25) is 0 Å². The van der Waals surface area contributed by atoms with Crippen molar-refractivity contribution in [1.82, 2.24) is 0 Å². The Hall–Kier alpha value is -7.21. The molecule has 68 heavy (non-hydrogen) atoms. The van der Waals surface area contributed by atoms with E-state index < -0.39 is 0 Å². The molecule has 332 valence electrons. The topological polar surface area (TPSA) is 6.48 Å². The van der Waals surface area contributed by atoms with Crippen molar-refractivity contribution in [3.8, 4) is 44.5 Å². The van der Waals surface area contributed by atoms with Crippen LogP contribution in [0.3, 0.4) is 0 Å². The molecular weight excluding hydrogens is 936 g/mol. The van der Waals surface area contributed by atoms with Gasteiger partial charge in [0.05, 0.1) is 0 Å². The summed E-state index contributed by atoms with van der Waals surface area (Å²) in [7, 11) is 0. The SMILES string of the molecule is Cc1ccc(C2=CC=C(N(c3cccc(-c4ccccc4)c3)c3cc(C)c(-c4c(C)cc(N(c5ccc(-c6ccc(I)cc6)cc5)c5cccc(-c6ccccc6)c5)cc4C)c(C)c3)CC2)cc1. The number of hydrogen-bond donors (Lipinski definition) is 0. The molecule has 0 N–H and O–H groups in total. The molecule has 1 aliphatic rings. The van der Waals surface area contributed by atoms with E-state index in [4.69, 9.17) is 0 Å². The van der Waals surface area contributed by atoms with Crippen LogP contribution in [-0.2, 0) is 0 Å². The average molecular weight is 991 g/mol. The Kier molecular flexibility index (Phi) is 12.8. The molecule has 1 aliphatic carbocycles. The van der Waals surface area contributed by atoms with Crippen molar-refractivity contribution in [2.24, 2.45) is 0 Å². The van der Waals surface area contributed by atoms with E-state index >= 15 is 0 Å². The standard InChI is InChI=1S/C65H55IN2/c1-44-22-24-51(25-23-44)53-28-34-58(35-29-53)67(60-20-12-18-55(42-60)49-14-8-6-9-15-49)62-38-45(2)64(46(3)39-62)65-47(4)40-63(41-48(65)5)68(61-21-13-19-56(43-61)50-16-10-7-11-17-50)59-36-30-54(31-37-59)52-26-32-57(66)33-27-52/h6-28,30-34,36-43H,29,35H2,1-5H3. The average Bonchev–Trinajstić information content (AvgIpc) is 3.36. The molecule has 0 radical (unpaired) electrons. The maximum Gasteiger partial charge on any atom is 0.0467 e. The van der Waals surface area contributed by atoms with Crippen LogP contribution in [0.1, 0.15) is 46.2 Å². The number of halogens is 1. The molecule has 9 aromatic carbocycles. The summed E-state index contributed by atoms with van der Waals surface area (Å²) in [6, 6.07) is 75.6. The van der Waals surface area contributed by atoms with Gasteiger partial charge in [-0.1, -0.05) is 145 Å². The molecule has 0 saturated heterocycles. The lowest BCUT2D eigenvalue weighted by Gasteiger charge is -2.32. The third kappa shape index (κ3) is 9.37. The molecular formula is C65H55IN2. The molecule has 0 amide bonds. The number of hydrogen-bond acceptors (Lipinski definition) is 2. The second kappa shape index (κ2) is 19.6. The van der Waals surface area contributed by atoms with Gasteiger partial charge in [0.1, 0.15) is 0 Å². The Morgan fingerprint density at radius 3 is 1.24 bits per heavy atom. The van der Waals surface area contributed by atoms with E-state index in [1.165, 1.54) is 98.4 Å². The normalized spacial score (nSPS) is 12.3. The summed E-state index contributed by atoms with van der Waals surface area (Å²) in [5.41, 5.74) is 25.8. The fourth-order valence-electron chi connectivity index (χ4n) is 10.0. The molecule has 0 aliphatic heterocycles. The minimum atomic E-state index is 0.938. The first kappa shape index (κ1) is 44.6. The second-order valence-electron chi connectivity index (χ2n) is 18.2. The van der Waals surface area contributed by atoms with Gasteiger partial charge < -0.3 is 9.80 Å². The number of benzene rings is 9. The third-order valence-corrected chi connectivity index (χ3v) is 14.1. The van der Waals surface area contributed by atoms with Gasteiger partial charge >= 0.3 is 0 Å². The lowest BCUT2D eigenvalue weighted by Crippen LogP contribution is -2.18. The summed E-state index contributed by atoms with van der Waals surface area (Å²) in [4.78, 5) is 4.90. The van der Waals surface area contributed by atoms with Crippen LogP contribution in [0.15, 0.2) is 224 Å². The van der Waals surface area contributed by atoms with Gasteiger partial charge in [0, 0.05) is 37.7 Å². The van der Waals surface area contributed by atoms with Gasteiger partial charge in [-0.25, -0.2) is 0 Å². The highest BCUT2D eigenvalue weighted by atomic mass is 127. The minimum Gasteiger partial charge on any atom is -0.314 e. The molecule has 9 aromatic rings. The first-order valence-corrected chi connectivity index (χ1v) is 24.7. The van der Waals surface area contributed by atoms with Crippen molar-refractivity contribution in [1.29, 1.82) is 0 Å². The van der Waals surface area contributed by atoms with Crippen LogP contribution >= 0.6 is 22.6 Å². The predicted octanol–water partition coefficient (Wildman–Crippen LogP) is 18.9. The van der Waals surface area contributed by atoms with Crippen LogP contribution < -0.4 is 9.80 Å². The van der Waals surface area contributed by atoms with Gasteiger partial charge in [-0.15, -0.1) is 0 Å². The van der Waals surface area contributed by atoms with Gasteiger partial charge in [0.25, 0.3) is 0 Å². The lowest BCUT2D eigenvalue weighted by molar-refractivity contribution is 0.929. The summed E-state index contributed by atoms with van der Waals surface area (Å²) < 4.78 is 1.23. The molecule has 10 rings (SSSR count). The fraction of sp³-hybridized carbons (Fsp3) is 0.108. The summed E-state index contributed by atoms with van der Waals surface area (Å²) in [5, 5.41) is 0. The lowest BCUT2D eigenvalue weighted by atomic mass is 9.88. The monoisotopic (exact) mass is 990 g/mol. The Bertz CT molecular complexity index is 3260. The zero-order chi connectivity index (χ0) is 46.7. The molecule has 0 fully saturated rings. The maximum atomic E-state index is 2.49. The Morgan fingerprint density at radius 1 is 0.324 bits per heavy atom. The van der Waals surface area contributed by atoms with E-state index in [0.717, 1.165) is 35.6 Å². The second-order valence-corrected chi connectivity index (χ2v) is 19.4.